The zero-order valence-corrected chi connectivity index (χ0v) is 18.7. The fourth-order valence-electron chi connectivity index (χ4n) is 2.66. The lowest BCUT2D eigenvalue weighted by Crippen LogP contribution is -2.14. The molecule has 0 atom stereocenters. The van der Waals surface area contributed by atoms with Crippen molar-refractivity contribution in [1.82, 2.24) is 14.8 Å². The Labute approximate surface area is 182 Å². The smallest absolute Gasteiger partial charge is 0.234 e. The van der Waals surface area contributed by atoms with Crippen LogP contribution in [0.3, 0.4) is 0 Å². The van der Waals surface area contributed by atoms with Crippen LogP contribution in [0.5, 0.6) is 5.75 Å². The van der Waals surface area contributed by atoms with Crippen LogP contribution in [-0.2, 0) is 17.8 Å². The van der Waals surface area contributed by atoms with E-state index in [-0.39, 0.29) is 11.7 Å². The van der Waals surface area contributed by atoms with Gasteiger partial charge in [0.2, 0.25) is 5.91 Å². The van der Waals surface area contributed by atoms with Crippen molar-refractivity contribution in [3.8, 4) is 5.75 Å². The Morgan fingerprint density at radius 2 is 1.86 bits per heavy atom. The zero-order valence-electron chi connectivity index (χ0n) is 15.7. The van der Waals surface area contributed by atoms with Crippen LogP contribution in [0.1, 0.15) is 18.3 Å². The molecule has 1 N–H and O–H groups in total. The summed E-state index contributed by atoms with van der Waals surface area (Å²) in [6.07, 6.45) is 0.681. The van der Waals surface area contributed by atoms with Crippen LogP contribution in [0.2, 0.25) is 0 Å². The van der Waals surface area contributed by atoms with Gasteiger partial charge in [-0.1, -0.05) is 23.9 Å². The lowest BCUT2D eigenvalue weighted by atomic mass is 10.1. The van der Waals surface area contributed by atoms with Crippen LogP contribution in [-0.4, -0.2) is 33.5 Å². The highest BCUT2D eigenvalue weighted by molar-refractivity contribution is 14.1. The molecule has 0 aliphatic rings. The van der Waals surface area contributed by atoms with Crippen molar-refractivity contribution in [3.05, 3.63) is 63.5 Å². The minimum Gasteiger partial charge on any atom is -0.497 e. The average molecular weight is 508 g/mol. The molecule has 1 aromatic heterocycles. The number of rotatable bonds is 8. The molecule has 1 heterocycles. The molecule has 1 amide bonds. The second-order valence-electron chi connectivity index (χ2n) is 6.01. The van der Waals surface area contributed by atoms with Crippen LogP contribution in [0.4, 0.5) is 5.69 Å². The molecule has 28 heavy (non-hydrogen) atoms. The number of methoxy groups -OCH3 is 1. The van der Waals surface area contributed by atoms with E-state index in [9.17, 15) is 4.79 Å². The van der Waals surface area contributed by atoms with Crippen LogP contribution in [0.25, 0.3) is 0 Å². The molecule has 146 valence electrons. The summed E-state index contributed by atoms with van der Waals surface area (Å²) in [4.78, 5) is 12.2. The summed E-state index contributed by atoms with van der Waals surface area (Å²) < 4.78 is 8.38. The van der Waals surface area contributed by atoms with Gasteiger partial charge in [-0.2, -0.15) is 0 Å². The predicted molar refractivity (Wildman–Crippen MR) is 120 cm³/mol. The molecule has 6 nitrogen and oxygen atoms in total. The quantitative estimate of drug-likeness (QED) is 0.365. The lowest BCUT2D eigenvalue weighted by Gasteiger charge is -2.08. The molecule has 0 spiro atoms. The maximum atomic E-state index is 12.2. The topological polar surface area (TPSA) is 69.0 Å². The first-order chi connectivity index (χ1) is 13.6. The fourth-order valence-corrected chi connectivity index (χ4v) is 3.84. The molecule has 0 aliphatic heterocycles. The molecule has 8 heteroatoms. The second kappa shape index (κ2) is 9.92. The normalized spacial score (nSPS) is 10.7. The van der Waals surface area contributed by atoms with Crippen molar-refractivity contribution >= 4 is 45.9 Å². The van der Waals surface area contributed by atoms with Crippen LogP contribution >= 0.6 is 34.4 Å². The third-order valence-corrected chi connectivity index (χ3v) is 5.78. The molecule has 2 aromatic carbocycles. The number of carbonyl (C=O) groups excluding carboxylic acids is 1. The molecule has 3 rings (SSSR count). The summed E-state index contributed by atoms with van der Waals surface area (Å²) in [5.41, 5.74) is 1.93. The van der Waals surface area contributed by atoms with Gasteiger partial charge < -0.3 is 14.6 Å². The summed E-state index contributed by atoms with van der Waals surface area (Å²) in [5, 5.41) is 12.3. The standard InChI is InChI=1S/C20H21IN4O2S/c1-3-25-18(12-14-4-10-17(27-2)11-5-14)23-24-20(25)28-13-19(26)22-16-8-6-15(21)7-9-16/h4-11H,3,12-13H2,1-2H3,(H,22,26). The van der Waals surface area contributed by atoms with Gasteiger partial charge in [0.15, 0.2) is 5.16 Å². The number of nitrogens with one attached hydrogen (secondary N) is 1. The molecule has 0 saturated heterocycles. The molecule has 0 aliphatic carbocycles. The minimum absolute atomic E-state index is 0.0615. The summed E-state index contributed by atoms with van der Waals surface area (Å²) in [5.74, 6) is 1.94. The van der Waals surface area contributed by atoms with Gasteiger partial charge in [0.25, 0.3) is 0 Å². The predicted octanol–water partition coefficient (Wildman–Crippen LogP) is 4.23. The van der Waals surface area contributed by atoms with Crippen molar-refractivity contribution in [2.24, 2.45) is 0 Å². The number of hydrogen-bond donors (Lipinski definition) is 1. The van der Waals surface area contributed by atoms with Crippen molar-refractivity contribution in [3.63, 3.8) is 0 Å². The molecule has 0 saturated carbocycles. The first kappa shape index (κ1) is 20.7. The molecule has 0 unspecified atom stereocenters. The number of hydrogen-bond acceptors (Lipinski definition) is 5. The number of aromatic nitrogens is 3. The van der Waals surface area contributed by atoms with E-state index < -0.39 is 0 Å². The van der Waals surface area contributed by atoms with Crippen molar-refractivity contribution in [2.75, 3.05) is 18.2 Å². The number of anilines is 1. The molecular formula is C20H21IN4O2S. The van der Waals surface area contributed by atoms with Gasteiger partial charge in [-0.25, -0.2) is 0 Å². The number of nitrogens with zero attached hydrogens (tertiary/aromatic N) is 3. The van der Waals surface area contributed by atoms with Gasteiger partial charge in [-0.15, -0.1) is 10.2 Å². The van der Waals surface area contributed by atoms with Gasteiger partial charge in [0.1, 0.15) is 11.6 Å². The van der Waals surface area contributed by atoms with Crippen molar-refractivity contribution < 1.29 is 9.53 Å². The van der Waals surface area contributed by atoms with E-state index in [2.05, 4.69) is 45.0 Å². The average Bonchev–Trinajstić information content (AvgIpc) is 3.10. The third-order valence-electron chi connectivity index (χ3n) is 4.09. The first-order valence-electron chi connectivity index (χ1n) is 8.82. The molecular weight excluding hydrogens is 487 g/mol. The summed E-state index contributed by atoms with van der Waals surface area (Å²) in [6, 6.07) is 15.6. The molecule has 0 radical (unpaired) electrons. The number of halogens is 1. The zero-order chi connectivity index (χ0) is 19.9. The Kier molecular flexibility index (Phi) is 7.32. The number of thioether (sulfide) groups is 1. The molecule has 0 bridgehead atoms. The van der Waals surface area contributed by atoms with Crippen LogP contribution < -0.4 is 10.1 Å². The molecule has 0 fully saturated rings. The van der Waals surface area contributed by atoms with E-state index >= 15 is 0 Å². The Morgan fingerprint density at radius 3 is 2.50 bits per heavy atom. The maximum Gasteiger partial charge on any atom is 0.234 e. The van der Waals surface area contributed by atoms with Crippen molar-refractivity contribution in [1.29, 1.82) is 0 Å². The van der Waals surface area contributed by atoms with Gasteiger partial charge in [-0.3, -0.25) is 4.79 Å². The van der Waals surface area contributed by atoms with Gasteiger partial charge in [-0.05, 0) is 71.5 Å². The van der Waals surface area contributed by atoms with E-state index in [1.807, 2.05) is 53.1 Å². The lowest BCUT2D eigenvalue weighted by molar-refractivity contribution is -0.113. The maximum absolute atomic E-state index is 12.2. The van der Waals surface area contributed by atoms with Gasteiger partial charge in [0.05, 0.1) is 12.9 Å². The van der Waals surface area contributed by atoms with E-state index in [4.69, 9.17) is 4.74 Å². The fraction of sp³-hybridized carbons (Fsp3) is 0.250. The number of benzene rings is 2. The van der Waals surface area contributed by atoms with Gasteiger partial charge in [0, 0.05) is 22.2 Å². The Morgan fingerprint density at radius 1 is 1.14 bits per heavy atom. The van der Waals surface area contributed by atoms with Gasteiger partial charge >= 0.3 is 0 Å². The largest absolute Gasteiger partial charge is 0.497 e. The Balaban J connectivity index is 1.61. The van der Waals surface area contributed by atoms with Crippen LogP contribution in [0.15, 0.2) is 53.7 Å². The number of carbonyl (C=O) groups is 1. The summed E-state index contributed by atoms with van der Waals surface area (Å²) >= 11 is 3.63. The summed E-state index contributed by atoms with van der Waals surface area (Å²) in [6.45, 7) is 2.80. The monoisotopic (exact) mass is 508 g/mol. The SMILES string of the molecule is CCn1c(Cc2ccc(OC)cc2)nnc1SCC(=O)Nc1ccc(I)cc1. The Hall–Kier alpha value is -2.07. The van der Waals surface area contributed by atoms with Crippen LogP contribution in [0, 0.1) is 3.57 Å². The highest BCUT2D eigenvalue weighted by atomic mass is 127. The number of amides is 1. The highest BCUT2D eigenvalue weighted by Crippen LogP contribution is 2.20. The second-order valence-corrected chi connectivity index (χ2v) is 8.20. The van der Waals surface area contributed by atoms with E-state index in [1.165, 1.54) is 11.8 Å². The van der Waals surface area contributed by atoms with E-state index in [0.717, 1.165) is 38.1 Å². The van der Waals surface area contributed by atoms with E-state index in [0.29, 0.717) is 6.42 Å². The third kappa shape index (κ3) is 5.48. The van der Waals surface area contributed by atoms with Crippen molar-refractivity contribution in [2.45, 2.75) is 25.0 Å². The number of ether oxygens (including phenoxy) is 1. The van der Waals surface area contributed by atoms with E-state index in [1.54, 1.807) is 7.11 Å². The minimum atomic E-state index is -0.0615. The molecule has 3 aromatic rings. The Bertz CT molecular complexity index is 926. The highest BCUT2D eigenvalue weighted by Gasteiger charge is 2.14. The summed E-state index contributed by atoms with van der Waals surface area (Å²) in [7, 11) is 1.65. The first-order valence-corrected chi connectivity index (χ1v) is 10.9.